The first-order chi connectivity index (χ1) is 10.7. The molecule has 9 heteroatoms. The van der Waals surface area contributed by atoms with Crippen LogP contribution >= 0.6 is 0 Å². The maximum atomic E-state index is 10.8. The average Bonchev–Trinajstić information content (AvgIpc) is 2.46. The van der Waals surface area contributed by atoms with E-state index in [1.54, 1.807) is 24.3 Å². The molecule has 3 N–H and O–H groups in total. The smallest absolute Gasteiger partial charge is 0.335 e. The van der Waals surface area contributed by atoms with Crippen LogP contribution in [0.1, 0.15) is 10.4 Å². The van der Waals surface area contributed by atoms with E-state index in [-0.39, 0.29) is 12.1 Å². The van der Waals surface area contributed by atoms with E-state index in [4.69, 9.17) is 9.66 Å². The molecule has 1 fully saturated rings. The van der Waals surface area contributed by atoms with Crippen LogP contribution < -0.4 is 4.90 Å². The minimum absolute atomic E-state index is 0.186. The van der Waals surface area contributed by atoms with E-state index in [2.05, 4.69) is 4.90 Å². The number of carboxylic acids is 1. The summed E-state index contributed by atoms with van der Waals surface area (Å²) in [6.45, 7) is 2.84. The molecule has 1 atom stereocenters. The largest absolute Gasteiger partial charge is 0.478 e. The van der Waals surface area contributed by atoms with Gasteiger partial charge in [0, 0.05) is 38.4 Å². The number of carbonyl (C=O) groups is 1. The molecule has 0 spiro atoms. The van der Waals surface area contributed by atoms with Crippen LogP contribution in [0, 0.1) is 0 Å². The molecule has 1 aliphatic rings. The normalized spacial score (nSPS) is 17.9. The Kier molecular flexibility index (Phi) is 5.58. The minimum atomic E-state index is -4.17. The van der Waals surface area contributed by atoms with Gasteiger partial charge in [-0.1, -0.05) is 0 Å². The van der Waals surface area contributed by atoms with Crippen LogP contribution in [0.3, 0.4) is 0 Å². The van der Waals surface area contributed by atoms with Crippen molar-refractivity contribution in [2.45, 2.75) is 6.10 Å². The number of hydrogen-bond acceptors (Lipinski definition) is 6. The van der Waals surface area contributed by atoms with Crippen molar-refractivity contribution < 1.29 is 28.0 Å². The molecule has 1 saturated heterocycles. The quantitative estimate of drug-likeness (QED) is 0.605. The van der Waals surface area contributed by atoms with Gasteiger partial charge in [-0.3, -0.25) is 9.45 Å². The highest BCUT2D eigenvalue weighted by molar-refractivity contribution is 7.85. The fourth-order valence-corrected chi connectivity index (χ4v) is 3.19. The van der Waals surface area contributed by atoms with Crippen LogP contribution in [0.5, 0.6) is 0 Å². The zero-order valence-electron chi connectivity index (χ0n) is 12.5. The maximum absolute atomic E-state index is 10.8. The molecular formula is C14H20N2O6S. The van der Waals surface area contributed by atoms with Crippen molar-refractivity contribution >= 4 is 21.8 Å². The summed E-state index contributed by atoms with van der Waals surface area (Å²) in [5, 5.41) is 18.5. The predicted octanol–water partition coefficient (Wildman–Crippen LogP) is -0.244. The Bertz CT molecular complexity index is 638. The minimum Gasteiger partial charge on any atom is -0.478 e. The van der Waals surface area contributed by atoms with Crippen LogP contribution in [-0.4, -0.2) is 78.6 Å². The van der Waals surface area contributed by atoms with E-state index < -0.39 is 27.9 Å². The van der Waals surface area contributed by atoms with Gasteiger partial charge in [0.25, 0.3) is 10.1 Å². The molecule has 1 aliphatic heterocycles. The Morgan fingerprint density at radius 3 is 2.17 bits per heavy atom. The van der Waals surface area contributed by atoms with Crippen molar-refractivity contribution in [3.63, 3.8) is 0 Å². The lowest BCUT2D eigenvalue weighted by Gasteiger charge is -2.36. The van der Waals surface area contributed by atoms with Gasteiger partial charge in [0.05, 0.1) is 11.7 Å². The number of anilines is 1. The summed E-state index contributed by atoms with van der Waals surface area (Å²) in [6, 6.07) is 6.62. The van der Waals surface area contributed by atoms with E-state index in [9.17, 15) is 18.3 Å². The molecule has 2 rings (SSSR count). The first-order valence-corrected chi connectivity index (χ1v) is 8.79. The lowest BCUT2D eigenvalue weighted by Crippen LogP contribution is -2.49. The highest BCUT2D eigenvalue weighted by Gasteiger charge is 2.22. The number of carboxylic acid groups (broad SMARTS) is 1. The van der Waals surface area contributed by atoms with E-state index in [1.807, 2.05) is 4.90 Å². The molecule has 0 saturated carbocycles. The number of β-amino-alcohol motifs (C(OH)–C–C–N with tert-alkyl or cyclic N) is 1. The van der Waals surface area contributed by atoms with Crippen LogP contribution in [-0.2, 0) is 10.1 Å². The monoisotopic (exact) mass is 344 g/mol. The lowest BCUT2D eigenvalue weighted by molar-refractivity contribution is 0.0697. The Morgan fingerprint density at radius 1 is 1.13 bits per heavy atom. The van der Waals surface area contributed by atoms with Crippen molar-refractivity contribution in [2.75, 3.05) is 43.4 Å². The number of benzene rings is 1. The molecule has 0 amide bonds. The molecule has 0 bridgehead atoms. The standard InChI is InChI=1S/C14H20N2O6S/c17-13(10-23(20,21)22)9-15-5-7-16(8-6-15)12-3-1-11(2-4-12)14(18)19/h1-4,13,17H,5-10H2,(H,18,19)(H,20,21,22). The van der Waals surface area contributed by atoms with E-state index >= 15 is 0 Å². The molecule has 8 nitrogen and oxygen atoms in total. The van der Waals surface area contributed by atoms with Gasteiger partial charge in [0.2, 0.25) is 0 Å². The van der Waals surface area contributed by atoms with Crippen molar-refractivity contribution in [3.05, 3.63) is 29.8 Å². The van der Waals surface area contributed by atoms with Crippen molar-refractivity contribution in [1.82, 2.24) is 4.90 Å². The summed E-state index contributed by atoms with van der Waals surface area (Å²) in [6.07, 6.45) is -1.12. The molecule has 1 heterocycles. The molecule has 0 aromatic heterocycles. The Morgan fingerprint density at radius 2 is 1.70 bits per heavy atom. The molecule has 1 aromatic rings. The molecule has 0 aliphatic carbocycles. The molecule has 128 valence electrons. The topological polar surface area (TPSA) is 118 Å². The Hall–Kier alpha value is -1.68. The van der Waals surface area contributed by atoms with Crippen LogP contribution in [0.25, 0.3) is 0 Å². The van der Waals surface area contributed by atoms with E-state index in [1.165, 1.54) is 0 Å². The SMILES string of the molecule is O=C(O)c1ccc(N2CCN(CC(O)CS(=O)(=O)O)CC2)cc1. The van der Waals surface area contributed by atoms with Gasteiger partial charge >= 0.3 is 5.97 Å². The summed E-state index contributed by atoms with van der Waals surface area (Å²) in [7, 11) is -4.17. The first-order valence-electron chi connectivity index (χ1n) is 7.18. The Labute approximate surface area is 134 Å². The highest BCUT2D eigenvalue weighted by Crippen LogP contribution is 2.17. The van der Waals surface area contributed by atoms with Crippen LogP contribution in [0.4, 0.5) is 5.69 Å². The number of nitrogens with zero attached hydrogens (tertiary/aromatic N) is 2. The second-order valence-corrected chi connectivity index (χ2v) is 7.04. The van der Waals surface area contributed by atoms with Crippen molar-refractivity contribution in [3.8, 4) is 0 Å². The fraction of sp³-hybridized carbons (Fsp3) is 0.500. The third-order valence-corrected chi connectivity index (χ3v) is 4.53. The number of rotatable bonds is 6. The summed E-state index contributed by atoms with van der Waals surface area (Å²) in [5.41, 5.74) is 1.16. The second-order valence-electron chi connectivity index (χ2n) is 5.54. The number of aliphatic hydroxyl groups is 1. The van der Waals surface area contributed by atoms with Crippen LogP contribution in [0.15, 0.2) is 24.3 Å². The van der Waals surface area contributed by atoms with Gasteiger partial charge < -0.3 is 15.1 Å². The molecular weight excluding hydrogens is 324 g/mol. The van der Waals surface area contributed by atoms with Gasteiger partial charge in [-0.25, -0.2) is 4.79 Å². The third kappa shape index (κ3) is 5.47. The molecule has 1 unspecified atom stereocenters. The van der Waals surface area contributed by atoms with Gasteiger partial charge in [-0.15, -0.1) is 0 Å². The summed E-state index contributed by atoms with van der Waals surface area (Å²) in [5.74, 6) is -1.63. The summed E-state index contributed by atoms with van der Waals surface area (Å²) >= 11 is 0. The van der Waals surface area contributed by atoms with Gasteiger partial charge in [-0.2, -0.15) is 8.42 Å². The fourth-order valence-electron chi connectivity index (χ4n) is 2.60. The van der Waals surface area contributed by atoms with E-state index in [0.29, 0.717) is 26.2 Å². The first kappa shape index (κ1) is 17.7. The number of aromatic carboxylic acids is 1. The van der Waals surface area contributed by atoms with Crippen molar-refractivity contribution in [2.24, 2.45) is 0 Å². The van der Waals surface area contributed by atoms with Gasteiger partial charge in [0.1, 0.15) is 5.75 Å². The lowest BCUT2D eigenvalue weighted by atomic mass is 10.2. The average molecular weight is 344 g/mol. The van der Waals surface area contributed by atoms with Gasteiger partial charge in [-0.05, 0) is 24.3 Å². The Balaban J connectivity index is 1.85. The summed E-state index contributed by atoms with van der Waals surface area (Å²) < 4.78 is 30.2. The number of hydrogen-bond donors (Lipinski definition) is 3. The maximum Gasteiger partial charge on any atom is 0.335 e. The predicted molar refractivity (Wildman–Crippen MR) is 84.5 cm³/mol. The molecule has 0 radical (unpaired) electrons. The summed E-state index contributed by atoms with van der Waals surface area (Å²) in [4.78, 5) is 14.9. The third-order valence-electron chi connectivity index (χ3n) is 3.72. The zero-order chi connectivity index (χ0) is 17.0. The number of piperazine rings is 1. The number of aliphatic hydroxyl groups excluding tert-OH is 1. The molecule has 1 aromatic carbocycles. The second kappa shape index (κ2) is 7.26. The highest BCUT2D eigenvalue weighted by atomic mass is 32.2. The van der Waals surface area contributed by atoms with Crippen LogP contribution in [0.2, 0.25) is 0 Å². The molecule has 23 heavy (non-hydrogen) atoms. The zero-order valence-corrected chi connectivity index (χ0v) is 13.3. The van der Waals surface area contributed by atoms with Crippen molar-refractivity contribution in [1.29, 1.82) is 0 Å². The van der Waals surface area contributed by atoms with E-state index in [0.717, 1.165) is 5.69 Å². The van der Waals surface area contributed by atoms with Gasteiger partial charge in [0.15, 0.2) is 0 Å².